The topological polar surface area (TPSA) is 88.4 Å². The second-order valence-corrected chi connectivity index (χ2v) is 7.40. The Kier molecular flexibility index (Phi) is 7.06. The van der Waals surface area contributed by atoms with Gasteiger partial charge in [-0.1, -0.05) is 30.3 Å². The number of nitrogens with one attached hydrogen (secondary N) is 1. The van der Waals surface area contributed by atoms with Crippen molar-refractivity contribution in [1.29, 1.82) is 5.26 Å². The van der Waals surface area contributed by atoms with Crippen LogP contribution in [0.15, 0.2) is 64.6 Å². The maximum atomic E-state index is 12.7. The summed E-state index contributed by atoms with van der Waals surface area (Å²) in [5.74, 6) is -0.454. The summed E-state index contributed by atoms with van der Waals surface area (Å²) in [5, 5.41) is 14.3. The van der Waals surface area contributed by atoms with E-state index < -0.39 is 11.9 Å². The Morgan fingerprint density at radius 3 is 2.55 bits per heavy atom. The van der Waals surface area contributed by atoms with E-state index in [-0.39, 0.29) is 11.3 Å². The molecular formula is C24H19BrN2O4. The van der Waals surface area contributed by atoms with Gasteiger partial charge in [0, 0.05) is 12.6 Å². The molecule has 0 saturated heterocycles. The summed E-state index contributed by atoms with van der Waals surface area (Å²) >= 11 is 3.35. The van der Waals surface area contributed by atoms with Gasteiger partial charge in [-0.05, 0) is 69.5 Å². The highest BCUT2D eigenvalue weighted by molar-refractivity contribution is 9.10. The van der Waals surface area contributed by atoms with Crippen LogP contribution in [0.2, 0.25) is 0 Å². The van der Waals surface area contributed by atoms with E-state index in [4.69, 9.17) is 9.47 Å². The lowest BCUT2D eigenvalue weighted by Crippen LogP contribution is -2.13. The Morgan fingerprint density at radius 1 is 1.13 bits per heavy atom. The van der Waals surface area contributed by atoms with Crippen LogP contribution in [0.4, 0.5) is 5.69 Å². The lowest BCUT2D eigenvalue weighted by Gasteiger charge is -2.13. The number of nitrogens with zero attached hydrogens (tertiary/aromatic N) is 1. The smallest absolute Gasteiger partial charge is 0.308 e. The van der Waals surface area contributed by atoms with Crippen LogP contribution in [0.1, 0.15) is 19.4 Å². The summed E-state index contributed by atoms with van der Waals surface area (Å²) in [5.41, 5.74) is 1.05. The molecule has 0 aliphatic heterocycles. The fourth-order valence-electron chi connectivity index (χ4n) is 2.96. The number of amides is 1. The first-order valence-electron chi connectivity index (χ1n) is 9.48. The number of hydrogen-bond donors (Lipinski definition) is 1. The van der Waals surface area contributed by atoms with Crippen molar-refractivity contribution in [2.24, 2.45) is 0 Å². The SMILES string of the molecule is CCOc1cc(/C=C(\C#N)C(=O)Nc2ccc3ccccc3c2)cc(Br)c1OC(C)=O. The molecule has 7 heteroatoms. The molecule has 0 heterocycles. The third kappa shape index (κ3) is 5.50. The van der Waals surface area contributed by atoms with E-state index >= 15 is 0 Å². The molecule has 3 rings (SSSR count). The molecule has 3 aromatic rings. The number of carbonyl (C=O) groups is 2. The fourth-order valence-corrected chi connectivity index (χ4v) is 3.50. The van der Waals surface area contributed by atoms with Gasteiger partial charge in [0.25, 0.3) is 5.91 Å². The summed E-state index contributed by atoms with van der Waals surface area (Å²) in [6.07, 6.45) is 1.45. The molecule has 0 aromatic heterocycles. The fraction of sp³-hybridized carbons (Fsp3) is 0.125. The number of hydrogen-bond acceptors (Lipinski definition) is 5. The van der Waals surface area contributed by atoms with Gasteiger partial charge in [-0.3, -0.25) is 9.59 Å². The van der Waals surface area contributed by atoms with Crippen molar-refractivity contribution in [3.63, 3.8) is 0 Å². The van der Waals surface area contributed by atoms with Crippen LogP contribution in [-0.2, 0) is 9.59 Å². The van der Waals surface area contributed by atoms with E-state index in [0.717, 1.165) is 10.8 Å². The second-order valence-electron chi connectivity index (χ2n) is 6.54. The number of benzene rings is 3. The predicted octanol–water partition coefficient (Wildman–Crippen LogP) is 5.47. The molecule has 0 saturated carbocycles. The van der Waals surface area contributed by atoms with Crippen LogP contribution in [-0.4, -0.2) is 18.5 Å². The average Bonchev–Trinajstić information content (AvgIpc) is 2.74. The highest BCUT2D eigenvalue weighted by Gasteiger charge is 2.16. The number of fused-ring (bicyclic) bond motifs is 1. The standard InChI is InChI=1S/C24H19BrN2O4/c1-3-30-22-12-16(11-21(25)23(22)31-15(2)28)10-19(14-26)24(29)27-20-9-8-17-6-4-5-7-18(17)13-20/h4-13H,3H2,1-2H3,(H,27,29)/b19-10+. The van der Waals surface area contributed by atoms with E-state index in [1.807, 2.05) is 42.5 Å². The summed E-state index contributed by atoms with van der Waals surface area (Å²) in [7, 11) is 0. The molecule has 0 unspecified atom stereocenters. The molecule has 156 valence electrons. The zero-order chi connectivity index (χ0) is 22.4. The van der Waals surface area contributed by atoms with Crippen molar-refractivity contribution < 1.29 is 19.1 Å². The first-order valence-corrected chi connectivity index (χ1v) is 10.3. The molecule has 0 spiro atoms. The van der Waals surface area contributed by atoms with E-state index in [1.165, 1.54) is 13.0 Å². The van der Waals surface area contributed by atoms with Crippen LogP contribution >= 0.6 is 15.9 Å². The first-order chi connectivity index (χ1) is 14.9. The number of nitriles is 1. The molecule has 0 fully saturated rings. The third-order valence-electron chi connectivity index (χ3n) is 4.26. The summed E-state index contributed by atoms with van der Waals surface area (Å²) in [4.78, 5) is 24.0. The Morgan fingerprint density at radius 2 is 1.87 bits per heavy atom. The average molecular weight is 479 g/mol. The molecule has 0 bridgehead atoms. The van der Waals surface area contributed by atoms with Gasteiger partial charge in [-0.2, -0.15) is 5.26 Å². The largest absolute Gasteiger partial charge is 0.490 e. The lowest BCUT2D eigenvalue weighted by molar-refractivity contribution is -0.132. The molecule has 3 aromatic carbocycles. The van der Waals surface area contributed by atoms with Crippen molar-refractivity contribution in [3.8, 4) is 17.6 Å². The van der Waals surface area contributed by atoms with Crippen LogP contribution in [0.25, 0.3) is 16.8 Å². The van der Waals surface area contributed by atoms with Gasteiger partial charge >= 0.3 is 5.97 Å². The molecule has 0 aliphatic rings. The van der Waals surface area contributed by atoms with Crippen molar-refractivity contribution in [2.45, 2.75) is 13.8 Å². The molecular weight excluding hydrogens is 460 g/mol. The molecule has 1 amide bonds. The van der Waals surface area contributed by atoms with Crippen molar-refractivity contribution in [2.75, 3.05) is 11.9 Å². The molecule has 0 radical (unpaired) electrons. The van der Waals surface area contributed by atoms with E-state index in [0.29, 0.717) is 28.1 Å². The molecule has 1 N–H and O–H groups in total. The van der Waals surface area contributed by atoms with Crippen molar-refractivity contribution >= 4 is 50.3 Å². The monoisotopic (exact) mass is 478 g/mol. The van der Waals surface area contributed by atoms with Gasteiger partial charge in [0.1, 0.15) is 11.6 Å². The van der Waals surface area contributed by atoms with Crippen LogP contribution in [0.5, 0.6) is 11.5 Å². The normalized spacial score (nSPS) is 11.0. The Balaban J connectivity index is 1.89. The minimum atomic E-state index is -0.532. The minimum Gasteiger partial charge on any atom is -0.490 e. The number of ether oxygens (including phenoxy) is 2. The Hall–Kier alpha value is -3.63. The Labute approximate surface area is 188 Å². The molecule has 6 nitrogen and oxygen atoms in total. The quantitative estimate of drug-likeness (QED) is 0.219. The molecule has 0 aliphatic carbocycles. The van der Waals surface area contributed by atoms with E-state index in [9.17, 15) is 14.9 Å². The van der Waals surface area contributed by atoms with Crippen LogP contribution < -0.4 is 14.8 Å². The number of anilines is 1. The summed E-state index contributed by atoms with van der Waals surface area (Å²) in [6.45, 7) is 3.44. The van der Waals surface area contributed by atoms with Crippen molar-refractivity contribution in [1.82, 2.24) is 0 Å². The van der Waals surface area contributed by atoms with E-state index in [2.05, 4.69) is 21.2 Å². The minimum absolute atomic E-state index is 0.0808. The zero-order valence-corrected chi connectivity index (χ0v) is 18.5. The van der Waals surface area contributed by atoms with Gasteiger partial charge in [0.05, 0.1) is 11.1 Å². The number of carbonyl (C=O) groups excluding carboxylic acids is 2. The second kappa shape index (κ2) is 9.92. The van der Waals surface area contributed by atoms with Crippen LogP contribution in [0.3, 0.4) is 0 Å². The highest BCUT2D eigenvalue weighted by atomic mass is 79.9. The summed E-state index contributed by atoms with van der Waals surface area (Å²) < 4.78 is 11.2. The number of halogens is 1. The third-order valence-corrected chi connectivity index (χ3v) is 4.85. The maximum absolute atomic E-state index is 12.7. The van der Waals surface area contributed by atoms with Gasteiger partial charge in [-0.15, -0.1) is 0 Å². The lowest BCUT2D eigenvalue weighted by atomic mass is 10.1. The summed E-state index contributed by atoms with van der Waals surface area (Å²) in [6, 6.07) is 18.5. The van der Waals surface area contributed by atoms with Gasteiger partial charge in [0.15, 0.2) is 11.5 Å². The zero-order valence-electron chi connectivity index (χ0n) is 16.9. The Bertz CT molecular complexity index is 1230. The molecule has 0 atom stereocenters. The van der Waals surface area contributed by atoms with Gasteiger partial charge < -0.3 is 14.8 Å². The first kappa shape index (κ1) is 22.1. The number of esters is 1. The van der Waals surface area contributed by atoms with Crippen molar-refractivity contribution in [3.05, 3.63) is 70.2 Å². The predicted molar refractivity (Wildman–Crippen MR) is 123 cm³/mol. The van der Waals surface area contributed by atoms with Crippen LogP contribution in [0, 0.1) is 11.3 Å². The molecule has 31 heavy (non-hydrogen) atoms. The van der Waals surface area contributed by atoms with Gasteiger partial charge in [0.2, 0.25) is 0 Å². The maximum Gasteiger partial charge on any atom is 0.308 e. The highest BCUT2D eigenvalue weighted by Crippen LogP contribution is 2.37. The van der Waals surface area contributed by atoms with E-state index in [1.54, 1.807) is 25.1 Å². The van der Waals surface area contributed by atoms with Gasteiger partial charge in [-0.25, -0.2) is 0 Å². The number of rotatable bonds is 6.